The number of nitrogens with one attached hydrogen (secondary N) is 1. The van der Waals surface area contributed by atoms with Crippen LogP contribution >= 0.6 is 11.6 Å². The van der Waals surface area contributed by atoms with Crippen LogP contribution in [0, 0.1) is 5.92 Å². The van der Waals surface area contributed by atoms with E-state index in [1.165, 1.54) is 10.7 Å². The van der Waals surface area contributed by atoms with E-state index in [0.717, 1.165) is 31.9 Å². The van der Waals surface area contributed by atoms with E-state index in [9.17, 15) is 18.3 Å². The van der Waals surface area contributed by atoms with E-state index < -0.39 is 21.9 Å². The number of aliphatic hydroxyl groups excluding tert-OH is 2. The Bertz CT molecular complexity index is 1020. The molecule has 1 saturated carbocycles. The molecule has 170 valence electrons. The summed E-state index contributed by atoms with van der Waals surface area (Å²) in [7, 11) is -3.46. The second kappa shape index (κ2) is 10.1. The van der Waals surface area contributed by atoms with Gasteiger partial charge in [0.05, 0.1) is 35.1 Å². The summed E-state index contributed by atoms with van der Waals surface area (Å²) in [6, 6.07) is 6.28. The summed E-state index contributed by atoms with van der Waals surface area (Å²) in [6.07, 6.45) is 6.83. The Kier molecular flexibility index (Phi) is 7.74. The molecule has 0 radical (unpaired) electrons. The van der Waals surface area contributed by atoms with Crippen LogP contribution in [0.4, 0.5) is 5.82 Å². The lowest BCUT2D eigenvalue weighted by Crippen LogP contribution is -2.24. The van der Waals surface area contributed by atoms with Crippen LogP contribution in [0.1, 0.15) is 43.6 Å². The Morgan fingerprint density at radius 3 is 2.65 bits per heavy atom. The number of carbonyl (C=O) groups is 1. The average Bonchev–Trinajstić information content (AvgIpc) is 3.36. The van der Waals surface area contributed by atoms with Crippen molar-refractivity contribution >= 4 is 33.2 Å². The summed E-state index contributed by atoms with van der Waals surface area (Å²) in [5.74, 6) is 0.0113. The second-order valence-corrected chi connectivity index (χ2v) is 10.5. The van der Waals surface area contributed by atoms with E-state index in [-0.39, 0.29) is 29.0 Å². The molecule has 3 N–H and O–H groups in total. The van der Waals surface area contributed by atoms with Crippen molar-refractivity contribution in [1.29, 1.82) is 0 Å². The number of benzene rings is 1. The summed E-state index contributed by atoms with van der Waals surface area (Å²) < 4.78 is 25.2. The molecule has 8 nitrogen and oxygen atoms in total. The molecule has 1 aliphatic carbocycles. The predicted octanol–water partition coefficient (Wildman–Crippen LogP) is 2.60. The van der Waals surface area contributed by atoms with E-state index in [0.29, 0.717) is 23.7 Å². The lowest BCUT2D eigenvalue weighted by atomic mass is 9.87. The number of sulfone groups is 1. The summed E-state index contributed by atoms with van der Waals surface area (Å²) in [5, 5.41) is 25.7. The van der Waals surface area contributed by atoms with Crippen molar-refractivity contribution < 1.29 is 23.4 Å². The van der Waals surface area contributed by atoms with Crippen LogP contribution in [-0.2, 0) is 21.2 Å². The predicted molar refractivity (Wildman–Crippen MR) is 118 cm³/mol. The largest absolute Gasteiger partial charge is 0.394 e. The van der Waals surface area contributed by atoms with Crippen molar-refractivity contribution in [2.24, 2.45) is 5.92 Å². The van der Waals surface area contributed by atoms with Crippen LogP contribution in [-0.4, -0.2) is 53.3 Å². The molecular weight excluding hydrogens is 442 g/mol. The van der Waals surface area contributed by atoms with Gasteiger partial charge >= 0.3 is 0 Å². The highest BCUT2D eigenvalue weighted by atomic mass is 35.5. The molecule has 1 heterocycles. The molecule has 0 bridgehead atoms. The first kappa shape index (κ1) is 23.7. The van der Waals surface area contributed by atoms with Gasteiger partial charge < -0.3 is 15.5 Å². The zero-order valence-electron chi connectivity index (χ0n) is 17.4. The van der Waals surface area contributed by atoms with E-state index in [4.69, 9.17) is 16.7 Å². The fourth-order valence-corrected chi connectivity index (χ4v) is 5.36. The number of aromatic nitrogens is 2. The van der Waals surface area contributed by atoms with Crippen LogP contribution in [0.5, 0.6) is 0 Å². The average molecular weight is 470 g/mol. The number of halogens is 1. The van der Waals surface area contributed by atoms with E-state index >= 15 is 0 Å². The van der Waals surface area contributed by atoms with Gasteiger partial charge in [-0.3, -0.25) is 9.48 Å². The number of hydrogen-bond donors (Lipinski definition) is 3. The molecule has 1 fully saturated rings. The minimum atomic E-state index is -3.46. The summed E-state index contributed by atoms with van der Waals surface area (Å²) in [6.45, 7) is -0.268. The highest BCUT2D eigenvalue weighted by Gasteiger charge is 2.28. The van der Waals surface area contributed by atoms with Crippen LogP contribution in [0.25, 0.3) is 0 Å². The Morgan fingerprint density at radius 2 is 2.03 bits per heavy atom. The van der Waals surface area contributed by atoms with Gasteiger partial charge in [0.25, 0.3) is 0 Å². The smallest absolute Gasteiger partial charge is 0.233 e. The van der Waals surface area contributed by atoms with E-state index in [1.807, 2.05) is 0 Å². The summed E-state index contributed by atoms with van der Waals surface area (Å²) in [4.78, 5) is 13.2. The fourth-order valence-electron chi connectivity index (χ4n) is 4.03. The van der Waals surface area contributed by atoms with Crippen LogP contribution in [0.3, 0.4) is 0 Å². The third-order valence-corrected chi connectivity index (χ3v) is 7.20. The Morgan fingerprint density at radius 1 is 1.32 bits per heavy atom. The minimum absolute atomic E-state index is 0.0409. The first-order valence-electron chi connectivity index (χ1n) is 10.3. The number of nitrogens with zero attached hydrogens (tertiary/aromatic N) is 2. The third-order valence-electron chi connectivity index (χ3n) is 5.62. The number of amides is 1. The first-order valence-corrected chi connectivity index (χ1v) is 12.6. The van der Waals surface area contributed by atoms with Gasteiger partial charge in [0.2, 0.25) is 5.91 Å². The first-order chi connectivity index (χ1) is 14.7. The molecule has 0 spiro atoms. The Balaban J connectivity index is 1.81. The molecule has 1 amide bonds. The second-order valence-electron chi connectivity index (χ2n) is 8.15. The van der Waals surface area contributed by atoms with Crippen molar-refractivity contribution in [1.82, 2.24) is 9.78 Å². The number of rotatable bonds is 9. The maximum atomic E-state index is 13.2. The number of aliphatic hydroxyl groups is 2. The van der Waals surface area contributed by atoms with Gasteiger partial charge in [-0.2, -0.15) is 5.10 Å². The lowest BCUT2D eigenvalue weighted by molar-refractivity contribution is -0.118. The Labute approximate surface area is 187 Å². The zero-order valence-corrected chi connectivity index (χ0v) is 18.9. The number of carbonyl (C=O) groups excluding carboxylic acids is 1. The zero-order chi connectivity index (χ0) is 22.6. The van der Waals surface area contributed by atoms with Gasteiger partial charge in [0.15, 0.2) is 15.7 Å². The highest BCUT2D eigenvalue weighted by molar-refractivity contribution is 7.90. The molecule has 31 heavy (non-hydrogen) atoms. The molecular formula is C21H28ClN3O5S. The normalized spacial score (nSPS) is 16.9. The van der Waals surface area contributed by atoms with Gasteiger partial charge in [0, 0.05) is 18.5 Å². The standard InChI is InChI=1S/C21H28ClN3O5S/c1-31(29,30)19-7-6-15(11-18(19)22)17(10-14-4-2-3-5-14)21(28)23-20-8-9-25(24-20)12-16(27)13-26/h6-9,11,14,16-17,26-27H,2-5,10,12-13H2,1H3,(H,23,24,28)/t16-,17+/m0/s1. The third kappa shape index (κ3) is 6.29. The highest BCUT2D eigenvalue weighted by Crippen LogP contribution is 2.36. The van der Waals surface area contributed by atoms with Crippen molar-refractivity contribution in [3.8, 4) is 0 Å². The maximum absolute atomic E-state index is 13.2. The molecule has 3 rings (SSSR count). The molecule has 0 aliphatic heterocycles. The number of anilines is 1. The quantitative estimate of drug-likeness (QED) is 0.519. The van der Waals surface area contributed by atoms with Gasteiger partial charge in [-0.25, -0.2) is 8.42 Å². The van der Waals surface area contributed by atoms with E-state index in [1.54, 1.807) is 24.4 Å². The molecule has 2 aromatic rings. The molecule has 1 aliphatic rings. The molecule has 1 aromatic carbocycles. The van der Waals surface area contributed by atoms with Gasteiger partial charge in [-0.1, -0.05) is 43.4 Å². The van der Waals surface area contributed by atoms with Crippen LogP contribution in [0.2, 0.25) is 5.02 Å². The van der Waals surface area contributed by atoms with Gasteiger partial charge in [-0.15, -0.1) is 0 Å². The van der Waals surface area contributed by atoms with Crippen LogP contribution in [0.15, 0.2) is 35.4 Å². The summed E-state index contributed by atoms with van der Waals surface area (Å²) in [5.41, 5.74) is 0.664. The SMILES string of the molecule is CS(=O)(=O)c1ccc([C@@H](CC2CCCC2)C(=O)Nc2ccn(C[C@H](O)CO)n2)cc1Cl. The van der Waals surface area contributed by atoms with Gasteiger partial charge in [0.1, 0.15) is 0 Å². The van der Waals surface area contributed by atoms with Crippen LogP contribution < -0.4 is 5.32 Å². The van der Waals surface area contributed by atoms with Crippen molar-refractivity contribution in [2.45, 2.75) is 55.6 Å². The molecule has 2 atom stereocenters. The molecule has 10 heteroatoms. The van der Waals surface area contributed by atoms with Crippen molar-refractivity contribution in [3.05, 3.63) is 41.0 Å². The van der Waals surface area contributed by atoms with Gasteiger partial charge in [-0.05, 0) is 30.0 Å². The molecule has 1 aromatic heterocycles. The van der Waals surface area contributed by atoms with Crippen molar-refractivity contribution in [3.63, 3.8) is 0 Å². The molecule has 0 unspecified atom stereocenters. The molecule has 0 saturated heterocycles. The summed E-state index contributed by atoms with van der Waals surface area (Å²) >= 11 is 6.23. The minimum Gasteiger partial charge on any atom is -0.394 e. The maximum Gasteiger partial charge on any atom is 0.233 e. The van der Waals surface area contributed by atoms with E-state index in [2.05, 4.69) is 10.4 Å². The lowest BCUT2D eigenvalue weighted by Gasteiger charge is -2.21. The topological polar surface area (TPSA) is 122 Å². The van der Waals surface area contributed by atoms with Crippen molar-refractivity contribution in [2.75, 3.05) is 18.2 Å². The monoisotopic (exact) mass is 469 g/mol. The number of hydrogen-bond acceptors (Lipinski definition) is 6. The Hall–Kier alpha value is -1.94. The fraction of sp³-hybridized carbons (Fsp3) is 0.524.